The molecule has 0 aliphatic rings. The van der Waals surface area contributed by atoms with Crippen LogP contribution < -0.4 is 0 Å². The highest BCUT2D eigenvalue weighted by molar-refractivity contribution is 7.98. The lowest BCUT2D eigenvalue weighted by atomic mass is 10.2. The number of rotatable bonds is 6. The van der Waals surface area contributed by atoms with E-state index < -0.39 is 10.9 Å². The standard InChI is InChI=1S/C15H13NO4S/c17-15(18)9-11-3-7-14(8-4-11)21-10-12-1-5-13(6-2-12)16(19)20/h1-8H,9-10H2,(H,17,18). The first kappa shape index (κ1) is 15.1. The average molecular weight is 303 g/mol. The van der Waals surface area contributed by atoms with Crippen LogP contribution in [0.2, 0.25) is 0 Å². The fourth-order valence-corrected chi connectivity index (χ4v) is 2.61. The van der Waals surface area contributed by atoms with E-state index in [0.29, 0.717) is 5.75 Å². The molecule has 0 bridgehead atoms. The number of nitrogens with zero attached hydrogens (tertiary/aromatic N) is 1. The minimum absolute atomic E-state index is 0.0211. The van der Waals surface area contributed by atoms with Gasteiger partial charge in [-0.3, -0.25) is 14.9 Å². The maximum atomic E-state index is 10.6. The van der Waals surface area contributed by atoms with E-state index in [0.717, 1.165) is 16.0 Å². The number of carboxylic acids is 1. The van der Waals surface area contributed by atoms with Gasteiger partial charge < -0.3 is 5.11 Å². The molecule has 21 heavy (non-hydrogen) atoms. The molecule has 2 rings (SSSR count). The van der Waals surface area contributed by atoms with Crippen molar-refractivity contribution in [3.05, 3.63) is 69.8 Å². The van der Waals surface area contributed by atoms with Crippen LogP contribution in [-0.2, 0) is 17.0 Å². The summed E-state index contributed by atoms with van der Waals surface area (Å²) in [7, 11) is 0. The first-order chi connectivity index (χ1) is 10.0. The summed E-state index contributed by atoms with van der Waals surface area (Å²) in [6.45, 7) is 0. The summed E-state index contributed by atoms with van der Waals surface area (Å²) in [5.41, 5.74) is 1.85. The number of nitro groups is 1. The average Bonchev–Trinajstić information content (AvgIpc) is 2.46. The van der Waals surface area contributed by atoms with Gasteiger partial charge in [-0.15, -0.1) is 11.8 Å². The Morgan fingerprint density at radius 3 is 2.14 bits per heavy atom. The Morgan fingerprint density at radius 2 is 1.62 bits per heavy atom. The Morgan fingerprint density at radius 1 is 1.05 bits per heavy atom. The van der Waals surface area contributed by atoms with E-state index in [4.69, 9.17) is 5.11 Å². The molecule has 0 aromatic heterocycles. The molecule has 108 valence electrons. The smallest absolute Gasteiger partial charge is 0.307 e. The molecule has 0 radical (unpaired) electrons. The summed E-state index contributed by atoms with van der Waals surface area (Å²) in [4.78, 5) is 21.8. The number of carboxylic acid groups (broad SMARTS) is 1. The van der Waals surface area contributed by atoms with Crippen molar-refractivity contribution in [2.45, 2.75) is 17.1 Å². The molecule has 0 spiro atoms. The SMILES string of the molecule is O=C(O)Cc1ccc(SCc2ccc([N+](=O)[O-])cc2)cc1. The molecule has 0 fully saturated rings. The number of hydrogen-bond acceptors (Lipinski definition) is 4. The summed E-state index contributed by atoms with van der Waals surface area (Å²) >= 11 is 1.60. The third kappa shape index (κ3) is 4.61. The van der Waals surface area contributed by atoms with Gasteiger partial charge in [0.05, 0.1) is 11.3 Å². The summed E-state index contributed by atoms with van der Waals surface area (Å²) < 4.78 is 0. The van der Waals surface area contributed by atoms with E-state index in [1.54, 1.807) is 36.0 Å². The molecular formula is C15H13NO4S. The molecule has 0 amide bonds. The lowest BCUT2D eigenvalue weighted by Gasteiger charge is -2.03. The molecule has 5 nitrogen and oxygen atoms in total. The molecule has 2 aromatic carbocycles. The van der Waals surface area contributed by atoms with Crippen LogP contribution >= 0.6 is 11.8 Å². The van der Waals surface area contributed by atoms with Gasteiger partial charge in [0.2, 0.25) is 0 Å². The van der Waals surface area contributed by atoms with Gasteiger partial charge in [0, 0.05) is 22.8 Å². The minimum atomic E-state index is -0.846. The molecule has 0 unspecified atom stereocenters. The number of non-ortho nitro benzene ring substituents is 1. The van der Waals surface area contributed by atoms with Crippen LogP contribution in [0.15, 0.2) is 53.4 Å². The number of thioether (sulfide) groups is 1. The normalized spacial score (nSPS) is 10.3. The number of nitro benzene ring substituents is 1. The Hall–Kier alpha value is -2.34. The van der Waals surface area contributed by atoms with Crippen molar-refractivity contribution < 1.29 is 14.8 Å². The minimum Gasteiger partial charge on any atom is -0.481 e. The highest BCUT2D eigenvalue weighted by Gasteiger charge is 2.05. The number of aliphatic carboxylic acids is 1. The summed E-state index contributed by atoms with van der Waals surface area (Å²) in [5, 5.41) is 19.3. The van der Waals surface area contributed by atoms with Gasteiger partial charge >= 0.3 is 5.97 Å². The zero-order valence-electron chi connectivity index (χ0n) is 11.1. The molecule has 0 aliphatic heterocycles. The van der Waals surface area contributed by atoms with Gasteiger partial charge in [-0.1, -0.05) is 24.3 Å². The number of carbonyl (C=O) groups is 1. The van der Waals surface area contributed by atoms with E-state index in [-0.39, 0.29) is 12.1 Å². The van der Waals surface area contributed by atoms with Crippen LogP contribution in [0.1, 0.15) is 11.1 Å². The summed E-state index contributed by atoms with van der Waals surface area (Å²) in [6, 6.07) is 13.8. The maximum Gasteiger partial charge on any atom is 0.307 e. The molecule has 0 saturated heterocycles. The zero-order valence-corrected chi connectivity index (χ0v) is 11.9. The maximum absolute atomic E-state index is 10.6. The van der Waals surface area contributed by atoms with Crippen molar-refractivity contribution in [3.8, 4) is 0 Å². The van der Waals surface area contributed by atoms with Crippen LogP contribution in [0.5, 0.6) is 0 Å². The highest BCUT2D eigenvalue weighted by atomic mass is 32.2. The second-order valence-corrected chi connectivity index (χ2v) is 5.48. The topological polar surface area (TPSA) is 80.4 Å². The first-order valence-electron chi connectivity index (χ1n) is 6.21. The lowest BCUT2D eigenvalue weighted by Crippen LogP contribution is -1.99. The van der Waals surface area contributed by atoms with Crippen molar-refractivity contribution in [1.29, 1.82) is 0 Å². The van der Waals surface area contributed by atoms with Crippen molar-refractivity contribution in [2.24, 2.45) is 0 Å². The van der Waals surface area contributed by atoms with Crippen molar-refractivity contribution in [2.75, 3.05) is 0 Å². The second kappa shape index (κ2) is 6.90. The predicted octanol–water partition coefficient (Wildman–Crippen LogP) is 3.51. The molecule has 2 aromatic rings. The van der Waals surface area contributed by atoms with Gasteiger partial charge in [0.1, 0.15) is 0 Å². The Kier molecular flexibility index (Phi) is 4.94. The quantitative estimate of drug-likeness (QED) is 0.502. The van der Waals surface area contributed by atoms with E-state index in [1.165, 1.54) is 12.1 Å². The summed E-state index contributed by atoms with van der Waals surface area (Å²) in [6.07, 6.45) is 0.0211. The van der Waals surface area contributed by atoms with Crippen LogP contribution in [0.4, 0.5) is 5.69 Å². The van der Waals surface area contributed by atoms with E-state index in [9.17, 15) is 14.9 Å². The lowest BCUT2D eigenvalue weighted by molar-refractivity contribution is -0.384. The zero-order chi connectivity index (χ0) is 15.2. The molecule has 0 aliphatic carbocycles. The highest BCUT2D eigenvalue weighted by Crippen LogP contribution is 2.24. The fraction of sp³-hybridized carbons (Fsp3) is 0.133. The van der Waals surface area contributed by atoms with Crippen molar-refractivity contribution >= 4 is 23.4 Å². The van der Waals surface area contributed by atoms with Gasteiger partial charge in [-0.25, -0.2) is 0 Å². The van der Waals surface area contributed by atoms with Crippen LogP contribution in [0.25, 0.3) is 0 Å². The molecule has 1 N–H and O–H groups in total. The Labute approximate surface area is 125 Å². The Bertz CT molecular complexity index is 638. The third-order valence-electron chi connectivity index (χ3n) is 2.83. The van der Waals surface area contributed by atoms with E-state index in [2.05, 4.69) is 0 Å². The van der Waals surface area contributed by atoms with Gasteiger partial charge in [0.15, 0.2) is 0 Å². The van der Waals surface area contributed by atoms with Crippen LogP contribution in [-0.4, -0.2) is 16.0 Å². The summed E-state index contributed by atoms with van der Waals surface area (Å²) in [5.74, 6) is -0.141. The molecule has 0 atom stereocenters. The van der Waals surface area contributed by atoms with E-state index in [1.807, 2.05) is 12.1 Å². The molecule has 0 saturated carbocycles. The number of benzene rings is 2. The largest absolute Gasteiger partial charge is 0.481 e. The molecule has 0 heterocycles. The fourth-order valence-electron chi connectivity index (χ4n) is 1.76. The first-order valence-corrected chi connectivity index (χ1v) is 7.20. The molecular weight excluding hydrogens is 290 g/mol. The monoisotopic (exact) mass is 303 g/mol. The van der Waals surface area contributed by atoms with Gasteiger partial charge in [0.25, 0.3) is 5.69 Å². The van der Waals surface area contributed by atoms with Crippen LogP contribution in [0, 0.1) is 10.1 Å². The second-order valence-electron chi connectivity index (χ2n) is 4.43. The third-order valence-corrected chi connectivity index (χ3v) is 3.91. The predicted molar refractivity (Wildman–Crippen MR) is 80.4 cm³/mol. The van der Waals surface area contributed by atoms with Crippen LogP contribution in [0.3, 0.4) is 0 Å². The number of hydrogen-bond donors (Lipinski definition) is 1. The van der Waals surface area contributed by atoms with Gasteiger partial charge in [-0.2, -0.15) is 0 Å². The van der Waals surface area contributed by atoms with Crippen molar-refractivity contribution in [3.63, 3.8) is 0 Å². The molecule has 6 heteroatoms. The Balaban J connectivity index is 1.93. The van der Waals surface area contributed by atoms with E-state index >= 15 is 0 Å². The van der Waals surface area contributed by atoms with Gasteiger partial charge in [-0.05, 0) is 23.3 Å². The van der Waals surface area contributed by atoms with Crippen molar-refractivity contribution in [1.82, 2.24) is 0 Å².